The average molecular weight is 1010 g/mol. The van der Waals surface area contributed by atoms with E-state index in [0.717, 1.165) is 68.8 Å². The number of nitrogens with zero attached hydrogens (tertiary/aromatic N) is 5. The third-order valence-corrected chi connectivity index (χ3v) is 15.9. The number of nitrogens with one attached hydrogen (secondary N) is 3. The number of hydrogen-bond donors (Lipinski definition) is 4. The van der Waals surface area contributed by atoms with Gasteiger partial charge in [0.2, 0.25) is 5.88 Å². The van der Waals surface area contributed by atoms with E-state index in [9.17, 15) is 23.6 Å². The van der Waals surface area contributed by atoms with E-state index in [1.54, 1.807) is 12.3 Å². The molecule has 4 N–H and O–H groups in total. The first-order chi connectivity index (χ1) is 34.3. The molecule has 0 radical (unpaired) electrons. The molecule has 0 spiro atoms. The SMILES string of the molecule is CC1(C)CC(c2ccc(Cl)cc2)=C2CN3CCN(c4ccc(C(=O)NS(=O)(=O)c5ccc(NCC6CCCCO6)c(N([O-])O)c5)c(N5CCCOc6nc7[nH]ccc7cc65)c4)CC3COCCCO[C@@H]2C1. The van der Waals surface area contributed by atoms with Gasteiger partial charge in [0.25, 0.3) is 15.9 Å². The smallest absolute Gasteiger partial charge is 0.267 e. The van der Waals surface area contributed by atoms with Gasteiger partial charge in [-0.3, -0.25) is 14.9 Å². The molecule has 71 heavy (non-hydrogen) atoms. The fourth-order valence-electron chi connectivity index (χ4n) is 10.7. The highest BCUT2D eigenvalue weighted by Crippen LogP contribution is 2.46. The van der Waals surface area contributed by atoms with Crippen LogP contribution in [0.15, 0.2) is 89.5 Å². The number of piperazine rings is 1. The molecular weight excluding hydrogens is 948 g/mol. The van der Waals surface area contributed by atoms with Gasteiger partial charge in [-0.2, -0.15) is 4.98 Å². The Bertz CT molecular complexity index is 2870. The molecule has 10 rings (SSSR count). The summed E-state index contributed by atoms with van der Waals surface area (Å²) < 4.78 is 55.5. The Labute approximate surface area is 419 Å². The van der Waals surface area contributed by atoms with E-state index in [4.69, 9.17) is 35.5 Å². The van der Waals surface area contributed by atoms with Crippen LogP contribution in [0.4, 0.5) is 28.4 Å². The maximum Gasteiger partial charge on any atom is 0.267 e. The summed E-state index contributed by atoms with van der Waals surface area (Å²) in [5.74, 6) is -0.498. The Kier molecular flexibility index (Phi) is 14.5. The Balaban J connectivity index is 0.967. The van der Waals surface area contributed by atoms with Gasteiger partial charge in [0.15, 0.2) is 0 Å². The highest BCUT2D eigenvalue weighted by Gasteiger charge is 2.39. The number of hydrogen-bond acceptors (Lipinski definition) is 15. The van der Waals surface area contributed by atoms with E-state index in [1.807, 2.05) is 41.3 Å². The second kappa shape index (κ2) is 21.0. The summed E-state index contributed by atoms with van der Waals surface area (Å²) >= 11 is 6.38. The average Bonchev–Trinajstić information content (AvgIpc) is 3.71. The number of carbonyl (C=O) groups is 1. The van der Waals surface area contributed by atoms with Crippen molar-refractivity contribution in [1.29, 1.82) is 0 Å². The van der Waals surface area contributed by atoms with Crippen LogP contribution in [0.1, 0.15) is 74.7 Å². The Morgan fingerprint density at radius 2 is 1.80 bits per heavy atom. The van der Waals surface area contributed by atoms with Crippen LogP contribution >= 0.6 is 11.6 Å². The minimum Gasteiger partial charge on any atom is -0.733 e. The standard InChI is InChI=1S/C52H62ClN8O9S/c1-52(2)28-42(34-8-10-36(53)11-9-34)43-32-59-20-19-58(31-38(59)33-67-21-6-24-69-48(43)29-52)37-12-14-41(45(26-37)60-18-5-23-70-51-47(60)25-35-16-17-54-49(35)56-51)50(62)57-71(65,66)40-13-15-44(46(27-40)61(63)64)55-30-39-7-3-4-22-68-39/h8-17,25-27,38-39,48,55,63H,3-7,18-24,28-33H2,1-2H3,(H,54,56)(H,57,62)/q-1/t38?,39?,48-/m1/s1. The monoisotopic (exact) mass is 1010 g/mol. The number of carbonyl (C=O) groups excluding carboxylic acids is 1. The zero-order valence-electron chi connectivity index (χ0n) is 40.2. The van der Waals surface area contributed by atoms with E-state index < -0.39 is 15.9 Å². The van der Waals surface area contributed by atoms with E-state index >= 15 is 0 Å². The lowest BCUT2D eigenvalue weighted by Crippen LogP contribution is -2.56. The minimum absolute atomic E-state index is 0.0161. The number of pyridine rings is 1. The first kappa shape index (κ1) is 49.2. The van der Waals surface area contributed by atoms with Gasteiger partial charge >= 0.3 is 0 Å². The number of benzene rings is 3. The van der Waals surface area contributed by atoms with Crippen molar-refractivity contribution < 1.29 is 37.4 Å². The van der Waals surface area contributed by atoms with Crippen LogP contribution in [0.3, 0.4) is 0 Å². The molecule has 4 aliphatic heterocycles. The van der Waals surface area contributed by atoms with Gasteiger partial charge in [0, 0.05) is 81.4 Å². The lowest BCUT2D eigenvalue weighted by atomic mass is 9.71. The Morgan fingerprint density at radius 1 is 0.958 bits per heavy atom. The van der Waals surface area contributed by atoms with Crippen LogP contribution < -0.4 is 29.8 Å². The molecule has 2 unspecified atom stereocenters. The van der Waals surface area contributed by atoms with Crippen molar-refractivity contribution in [2.45, 2.75) is 81.9 Å². The highest BCUT2D eigenvalue weighted by molar-refractivity contribution is 7.90. The largest absolute Gasteiger partial charge is 0.733 e. The predicted octanol–water partition coefficient (Wildman–Crippen LogP) is 8.50. The molecule has 17 nitrogen and oxygen atoms in total. The molecule has 5 aliphatic rings. The number of allylic oxidation sites excluding steroid dienone is 1. The number of aromatic amines is 1. The van der Waals surface area contributed by atoms with Crippen molar-refractivity contribution in [3.05, 3.63) is 106 Å². The highest BCUT2D eigenvalue weighted by atomic mass is 35.5. The molecule has 0 saturated carbocycles. The van der Waals surface area contributed by atoms with Gasteiger partial charge < -0.3 is 49.5 Å². The molecular formula is C52H62ClN8O9S-. The number of ether oxygens (including phenoxy) is 4. The number of sulfonamides is 1. The summed E-state index contributed by atoms with van der Waals surface area (Å²) in [5.41, 5.74) is 6.43. The second-order valence-corrected chi connectivity index (χ2v) is 22.1. The zero-order chi connectivity index (χ0) is 49.3. The lowest BCUT2D eigenvalue weighted by molar-refractivity contribution is 0.0247. The van der Waals surface area contributed by atoms with Crippen molar-refractivity contribution >= 4 is 72.6 Å². The van der Waals surface area contributed by atoms with Crippen molar-refractivity contribution in [1.82, 2.24) is 19.6 Å². The van der Waals surface area contributed by atoms with E-state index in [2.05, 4.69) is 50.8 Å². The number of fused-ring (bicyclic) bond motifs is 4. The van der Waals surface area contributed by atoms with Gasteiger partial charge in [-0.05, 0) is 128 Å². The molecule has 378 valence electrons. The van der Waals surface area contributed by atoms with Gasteiger partial charge in [0.05, 0.1) is 59.0 Å². The molecule has 3 aromatic carbocycles. The molecule has 1 amide bonds. The fraction of sp³-hybridized carbons (Fsp3) is 0.462. The topological polar surface area (TPSA) is 197 Å². The molecule has 0 bridgehead atoms. The van der Waals surface area contributed by atoms with Crippen LogP contribution in [0.5, 0.6) is 5.88 Å². The van der Waals surface area contributed by atoms with Crippen molar-refractivity contribution in [3.63, 3.8) is 0 Å². The lowest BCUT2D eigenvalue weighted by Gasteiger charge is -2.45. The van der Waals surface area contributed by atoms with Crippen LogP contribution in [0.2, 0.25) is 5.02 Å². The van der Waals surface area contributed by atoms with Crippen LogP contribution in [-0.4, -0.2) is 125 Å². The zero-order valence-corrected chi connectivity index (χ0v) is 41.8. The van der Waals surface area contributed by atoms with Crippen LogP contribution in [0.25, 0.3) is 16.6 Å². The van der Waals surface area contributed by atoms with Crippen LogP contribution in [0, 0.1) is 10.6 Å². The number of amides is 1. The first-order valence-corrected chi connectivity index (χ1v) is 26.6. The fourth-order valence-corrected chi connectivity index (χ4v) is 11.8. The van der Waals surface area contributed by atoms with Crippen LogP contribution in [-0.2, 0) is 24.2 Å². The summed E-state index contributed by atoms with van der Waals surface area (Å²) in [5, 5.41) is 26.7. The molecule has 1 aliphatic carbocycles. The second-order valence-electron chi connectivity index (χ2n) is 20.0. The number of anilines is 5. The molecule has 5 aromatic rings. The third kappa shape index (κ3) is 11.0. The maximum absolute atomic E-state index is 14.6. The summed E-state index contributed by atoms with van der Waals surface area (Å²) in [7, 11) is -4.59. The molecule has 3 saturated heterocycles. The van der Waals surface area contributed by atoms with Crippen molar-refractivity contribution in [3.8, 4) is 5.88 Å². The summed E-state index contributed by atoms with van der Waals surface area (Å²) in [4.78, 5) is 29.0. The number of rotatable bonds is 10. The predicted molar refractivity (Wildman–Crippen MR) is 275 cm³/mol. The summed E-state index contributed by atoms with van der Waals surface area (Å²) in [6.45, 7) is 10.9. The van der Waals surface area contributed by atoms with E-state index in [-0.39, 0.29) is 50.7 Å². The van der Waals surface area contributed by atoms with Crippen molar-refractivity contribution in [2.75, 3.05) is 92.6 Å². The van der Waals surface area contributed by atoms with Gasteiger partial charge in [0.1, 0.15) is 11.3 Å². The number of aromatic nitrogens is 2. The normalized spacial score (nSPS) is 22.3. The van der Waals surface area contributed by atoms with Crippen molar-refractivity contribution in [2.24, 2.45) is 5.41 Å². The van der Waals surface area contributed by atoms with Gasteiger partial charge in [-0.25, -0.2) is 13.1 Å². The third-order valence-electron chi connectivity index (χ3n) is 14.3. The van der Waals surface area contributed by atoms with Gasteiger partial charge in [-0.15, -0.1) is 0 Å². The Morgan fingerprint density at radius 3 is 2.62 bits per heavy atom. The van der Waals surface area contributed by atoms with E-state index in [1.165, 1.54) is 28.8 Å². The molecule has 3 atom stereocenters. The van der Waals surface area contributed by atoms with Gasteiger partial charge in [-0.1, -0.05) is 37.6 Å². The molecule has 3 fully saturated rings. The first-order valence-electron chi connectivity index (χ1n) is 24.7. The molecule has 19 heteroatoms. The van der Waals surface area contributed by atoms with E-state index in [0.29, 0.717) is 93.6 Å². The molecule has 6 heterocycles. The minimum atomic E-state index is -4.59. The molecule has 2 aromatic heterocycles. The number of halogens is 1. The number of H-pyrrole nitrogens is 1. The summed E-state index contributed by atoms with van der Waals surface area (Å²) in [6.07, 6.45) is 7.71. The quantitative estimate of drug-likeness (QED) is 0.0971. The maximum atomic E-state index is 14.6. The Hall–Kier alpha value is -5.44. The summed E-state index contributed by atoms with van der Waals surface area (Å²) in [6, 6.07) is 21.2.